The van der Waals surface area contributed by atoms with Crippen LogP contribution in [-0.2, 0) is 6.42 Å². The SMILES string of the molecule is COc1cccc(N=CCCc2ccccc2)c1. The van der Waals surface area contributed by atoms with Gasteiger partial charge in [-0.15, -0.1) is 0 Å². The van der Waals surface area contributed by atoms with Crippen LogP contribution in [0, 0.1) is 0 Å². The smallest absolute Gasteiger partial charge is 0.121 e. The van der Waals surface area contributed by atoms with E-state index in [1.54, 1.807) is 7.11 Å². The van der Waals surface area contributed by atoms with Gasteiger partial charge in [-0.25, -0.2) is 0 Å². The molecule has 0 atom stereocenters. The summed E-state index contributed by atoms with van der Waals surface area (Å²) in [6.07, 6.45) is 3.93. The van der Waals surface area contributed by atoms with Crippen molar-refractivity contribution in [2.45, 2.75) is 12.8 Å². The Balaban J connectivity index is 1.87. The van der Waals surface area contributed by atoms with Crippen molar-refractivity contribution in [3.63, 3.8) is 0 Å². The van der Waals surface area contributed by atoms with Gasteiger partial charge in [-0.1, -0.05) is 36.4 Å². The minimum Gasteiger partial charge on any atom is -0.497 e. The zero-order valence-electron chi connectivity index (χ0n) is 10.5. The molecule has 0 aliphatic carbocycles. The molecule has 0 saturated heterocycles. The average Bonchev–Trinajstić information content (AvgIpc) is 2.45. The molecule has 0 N–H and O–H groups in total. The van der Waals surface area contributed by atoms with Crippen LogP contribution in [0.25, 0.3) is 0 Å². The summed E-state index contributed by atoms with van der Waals surface area (Å²) in [6, 6.07) is 18.2. The third kappa shape index (κ3) is 3.74. The number of methoxy groups -OCH3 is 1. The van der Waals surface area contributed by atoms with Gasteiger partial charge in [0, 0.05) is 12.3 Å². The summed E-state index contributed by atoms with van der Waals surface area (Å²) >= 11 is 0. The molecule has 2 aromatic rings. The van der Waals surface area contributed by atoms with Crippen LogP contribution in [-0.4, -0.2) is 13.3 Å². The molecular weight excluding hydrogens is 222 g/mol. The van der Waals surface area contributed by atoms with Gasteiger partial charge in [-0.05, 0) is 30.5 Å². The highest BCUT2D eigenvalue weighted by molar-refractivity contribution is 5.64. The lowest BCUT2D eigenvalue weighted by molar-refractivity contribution is 0.415. The molecule has 0 heterocycles. The zero-order chi connectivity index (χ0) is 12.6. The van der Waals surface area contributed by atoms with Gasteiger partial charge < -0.3 is 4.74 Å². The highest BCUT2D eigenvalue weighted by atomic mass is 16.5. The number of hydrogen-bond donors (Lipinski definition) is 0. The van der Waals surface area contributed by atoms with Gasteiger partial charge in [-0.2, -0.15) is 0 Å². The molecular formula is C16H17NO. The minimum atomic E-state index is 0.840. The molecule has 0 spiro atoms. The summed E-state index contributed by atoms with van der Waals surface area (Å²) in [6.45, 7) is 0. The van der Waals surface area contributed by atoms with Crippen molar-refractivity contribution >= 4 is 11.9 Å². The summed E-state index contributed by atoms with van der Waals surface area (Å²) in [5, 5.41) is 0. The molecule has 0 aromatic heterocycles. The Hall–Kier alpha value is -2.09. The summed E-state index contributed by atoms with van der Waals surface area (Å²) < 4.78 is 5.16. The summed E-state index contributed by atoms with van der Waals surface area (Å²) in [7, 11) is 1.66. The molecule has 0 radical (unpaired) electrons. The van der Waals surface area contributed by atoms with E-state index in [1.165, 1.54) is 5.56 Å². The number of rotatable bonds is 5. The van der Waals surface area contributed by atoms with Crippen molar-refractivity contribution in [1.29, 1.82) is 0 Å². The minimum absolute atomic E-state index is 0.840. The number of nitrogens with zero attached hydrogens (tertiary/aromatic N) is 1. The molecule has 2 heteroatoms. The van der Waals surface area contributed by atoms with Crippen LogP contribution in [0.4, 0.5) is 5.69 Å². The first kappa shape index (κ1) is 12.4. The molecule has 0 amide bonds. The monoisotopic (exact) mass is 239 g/mol. The van der Waals surface area contributed by atoms with E-state index in [4.69, 9.17) is 4.74 Å². The largest absolute Gasteiger partial charge is 0.497 e. The molecule has 0 aliphatic rings. The van der Waals surface area contributed by atoms with E-state index in [9.17, 15) is 0 Å². The first-order valence-electron chi connectivity index (χ1n) is 6.09. The van der Waals surface area contributed by atoms with Gasteiger partial charge >= 0.3 is 0 Å². The molecule has 0 saturated carbocycles. The second kappa shape index (κ2) is 6.60. The van der Waals surface area contributed by atoms with Crippen molar-refractivity contribution in [3.8, 4) is 5.75 Å². The topological polar surface area (TPSA) is 21.6 Å². The third-order valence-electron chi connectivity index (χ3n) is 2.70. The predicted octanol–water partition coefficient (Wildman–Crippen LogP) is 4.03. The molecule has 92 valence electrons. The summed E-state index contributed by atoms with van der Waals surface area (Å²) in [5.41, 5.74) is 2.28. The van der Waals surface area contributed by atoms with Gasteiger partial charge in [0.1, 0.15) is 5.75 Å². The van der Waals surface area contributed by atoms with E-state index >= 15 is 0 Å². The molecule has 0 fully saturated rings. The molecule has 2 aromatic carbocycles. The second-order valence-corrected chi connectivity index (χ2v) is 4.04. The predicted molar refractivity (Wildman–Crippen MR) is 75.9 cm³/mol. The lowest BCUT2D eigenvalue weighted by Gasteiger charge is -2.00. The van der Waals surface area contributed by atoms with E-state index in [0.717, 1.165) is 24.3 Å². The standard InChI is InChI=1S/C16H17NO/c1-18-16-11-5-10-15(13-16)17-12-6-9-14-7-3-2-4-8-14/h2-5,7-8,10-13H,6,9H2,1H3. The van der Waals surface area contributed by atoms with Crippen LogP contribution >= 0.6 is 0 Å². The van der Waals surface area contributed by atoms with Crippen LogP contribution < -0.4 is 4.74 Å². The van der Waals surface area contributed by atoms with E-state index in [2.05, 4.69) is 29.3 Å². The maximum atomic E-state index is 5.16. The molecule has 0 aliphatic heterocycles. The van der Waals surface area contributed by atoms with E-state index in [1.807, 2.05) is 36.5 Å². The second-order valence-electron chi connectivity index (χ2n) is 4.04. The lowest BCUT2D eigenvalue weighted by Crippen LogP contribution is -1.85. The van der Waals surface area contributed by atoms with Crippen LogP contribution in [0.1, 0.15) is 12.0 Å². The fraction of sp³-hybridized carbons (Fsp3) is 0.188. The number of benzene rings is 2. The maximum Gasteiger partial charge on any atom is 0.121 e. The van der Waals surface area contributed by atoms with Gasteiger partial charge in [0.15, 0.2) is 0 Å². The third-order valence-corrected chi connectivity index (χ3v) is 2.70. The van der Waals surface area contributed by atoms with Crippen molar-refractivity contribution < 1.29 is 4.74 Å². The van der Waals surface area contributed by atoms with Gasteiger partial charge in [0.25, 0.3) is 0 Å². The zero-order valence-corrected chi connectivity index (χ0v) is 10.5. The van der Waals surface area contributed by atoms with Gasteiger partial charge in [0.2, 0.25) is 0 Å². The van der Waals surface area contributed by atoms with Crippen LogP contribution in [0.5, 0.6) is 5.75 Å². The van der Waals surface area contributed by atoms with Crippen molar-refractivity contribution in [3.05, 3.63) is 60.2 Å². The quantitative estimate of drug-likeness (QED) is 0.722. The van der Waals surface area contributed by atoms with E-state index in [0.29, 0.717) is 0 Å². The Kier molecular flexibility index (Phi) is 4.53. The average molecular weight is 239 g/mol. The lowest BCUT2D eigenvalue weighted by atomic mass is 10.1. The molecule has 2 nitrogen and oxygen atoms in total. The van der Waals surface area contributed by atoms with E-state index in [-0.39, 0.29) is 0 Å². The Morgan fingerprint density at radius 1 is 1.06 bits per heavy atom. The fourth-order valence-electron chi connectivity index (χ4n) is 1.74. The van der Waals surface area contributed by atoms with Crippen molar-refractivity contribution in [1.82, 2.24) is 0 Å². The van der Waals surface area contributed by atoms with Crippen LogP contribution in [0.2, 0.25) is 0 Å². The Labute approximate surface area is 108 Å². The van der Waals surface area contributed by atoms with Gasteiger partial charge in [0.05, 0.1) is 12.8 Å². The summed E-state index contributed by atoms with van der Waals surface area (Å²) in [5.74, 6) is 0.840. The first-order valence-corrected chi connectivity index (χ1v) is 6.09. The molecule has 0 unspecified atom stereocenters. The normalized spacial score (nSPS) is 10.7. The van der Waals surface area contributed by atoms with Crippen LogP contribution in [0.15, 0.2) is 59.6 Å². The first-order chi connectivity index (χ1) is 8.88. The van der Waals surface area contributed by atoms with Crippen LogP contribution in [0.3, 0.4) is 0 Å². The Morgan fingerprint density at radius 2 is 1.89 bits per heavy atom. The number of hydrogen-bond acceptors (Lipinski definition) is 2. The highest BCUT2D eigenvalue weighted by Gasteiger charge is 1.92. The molecule has 2 rings (SSSR count). The van der Waals surface area contributed by atoms with Gasteiger partial charge in [-0.3, -0.25) is 4.99 Å². The number of aryl methyl sites for hydroxylation is 1. The summed E-state index contributed by atoms with van der Waals surface area (Å²) in [4.78, 5) is 4.42. The maximum absolute atomic E-state index is 5.16. The fourth-order valence-corrected chi connectivity index (χ4v) is 1.74. The highest BCUT2D eigenvalue weighted by Crippen LogP contribution is 2.19. The van der Waals surface area contributed by atoms with E-state index < -0.39 is 0 Å². The van der Waals surface area contributed by atoms with Crippen molar-refractivity contribution in [2.24, 2.45) is 4.99 Å². The Bertz CT molecular complexity index is 506. The molecule has 0 bridgehead atoms. The number of ether oxygens (including phenoxy) is 1. The number of aliphatic imine (C=N–C) groups is 1. The Morgan fingerprint density at radius 3 is 2.67 bits per heavy atom. The van der Waals surface area contributed by atoms with Crippen molar-refractivity contribution in [2.75, 3.05) is 7.11 Å². The molecule has 18 heavy (non-hydrogen) atoms.